The maximum absolute atomic E-state index is 12.3. The van der Waals surface area contributed by atoms with Gasteiger partial charge < -0.3 is 24.8 Å². The zero-order chi connectivity index (χ0) is 16.7. The molecule has 0 unspecified atom stereocenters. The lowest BCUT2D eigenvalue weighted by atomic mass is 9.88. The van der Waals surface area contributed by atoms with E-state index in [4.69, 9.17) is 19.9 Å². The minimum Gasteiger partial charge on any atom is -0.494 e. The molecule has 0 spiro atoms. The van der Waals surface area contributed by atoms with Crippen molar-refractivity contribution in [1.82, 2.24) is 0 Å². The van der Waals surface area contributed by atoms with Crippen LogP contribution >= 0.6 is 0 Å². The maximum Gasteiger partial charge on any atom is 0.247 e. The van der Waals surface area contributed by atoms with E-state index in [1.165, 1.54) is 0 Å². The molecule has 2 aliphatic rings. The summed E-state index contributed by atoms with van der Waals surface area (Å²) in [6, 6.07) is 12.3. The Kier molecular flexibility index (Phi) is 3.54. The average Bonchev–Trinajstić information content (AvgIpc) is 3.07. The number of anilines is 1. The van der Waals surface area contributed by atoms with Gasteiger partial charge in [-0.15, -0.1) is 0 Å². The summed E-state index contributed by atoms with van der Waals surface area (Å²) in [6.45, 7) is 2.76. The molecule has 2 aliphatic heterocycles. The molecule has 124 valence electrons. The number of amides is 1. The molecule has 0 aliphatic carbocycles. The molecule has 2 atom stereocenters. The van der Waals surface area contributed by atoms with Gasteiger partial charge >= 0.3 is 0 Å². The second-order valence-corrected chi connectivity index (χ2v) is 5.72. The van der Waals surface area contributed by atoms with E-state index in [-0.39, 0.29) is 18.7 Å². The van der Waals surface area contributed by atoms with Gasteiger partial charge in [0.15, 0.2) is 11.5 Å². The standard InChI is InChI=1S/C18H18N2O4/c1-2-22-13-6-4-12(5-7-13)20-17(16(19)18(20)21)11-3-8-14-15(9-11)24-10-23-14/h3-9,16-17H,2,10,19H2,1H3/t16-,17+/m1/s1. The van der Waals surface area contributed by atoms with Crippen molar-refractivity contribution in [3.05, 3.63) is 48.0 Å². The van der Waals surface area contributed by atoms with Gasteiger partial charge in [-0.3, -0.25) is 4.79 Å². The van der Waals surface area contributed by atoms with Gasteiger partial charge in [-0.2, -0.15) is 0 Å². The molecular formula is C18H18N2O4. The van der Waals surface area contributed by atoms with Crippen LogP contribution in [-0.2, 0) is 4.79 Å². The van der Waals surface area contributed by atoms with Crippen LogP contribution in [0.1, 0.15) is 18.5 Å². The number of hydrogen-bond acceptors (Lipinski definition) is 5. The van der Waals surface area contributed by atoms with Crippen LogP contribution in [0.4, 0.5) is 5.69 Å². The van der Waals surface area contributed by atoms with E-state index in [0.717, 1.165) is 17.0 Å². The Morgan fingerprint density at radius 3 is 2.67 bits per heavy atom. The first-order valence-corrected chi connectivity index (χ1v) is 7.90. The zero-order valence-corrected chi connectivity index (χ0v) is 13.3. The van der Waals surface area contributed by atoms with Gasteiger partial charge in [0.1, 0.15) is 11.8 Å². The van der Waals surface area contributed by atoms with Crippen LogP contribution in [0.5, 0.6) is 17.2 Å². The maximum atomic E-state index is 12.3. The molecule has 1 saturated heterocycles. The monoisotopic (exact) mass is 326 g/mol. The summed E-state index contributed by atoms with van der Waals surface area (Å²) < 4.78 is 16.2. The molecule has 6 heteroatoms. The molecule has 2 aromatic rings. The van der Waals surface area contributed by atoms with Crippen molar-refractivity contribution in [2.24, 2.45) is 5.73 Å². The Hall–Kier alpha value is -2.73. The third kappa shape index (κ3) is 2.27. The van der Waals surface area contributed by atoms with Crippen molar-refractivity contribution >= 4 is 11.6 Å². The fourth-order valence-electron chi connectivity index (χ4n) is 3.12. The molecule has 2 heterocycles. The van der Waals surface area contributed by atoms with Gasteiger partial charge in [0.25, 0.3) is 0 Å². The van der Waals surface area contributed by atoms with Crippen LogP contribution in [0.25, 0.3) is 0 Å². The Bertz CT molecular complexity index is 775. The smallest absolute Gasteiger partial charge is 0.247 e. The van der Waals surface area contributed by atoms with Gasteiger partial charge in [0.05, 0.1) is 12.6 Å². The summed E-state index contributed by atoms with van der Waals surface area (Å²) in [5.41, 5.74) is 7.79. The number of nitrogens with two attached hydrogens (primary N) is 1. The number of fused-ring (bicyclic) bond motifs is 1. The Morgan fingerprint density at radius 1 is 1.17 bits per heavy atom. The molecule has 2 aromatic carbocycles. The van der Waals surface area contributed by atoms with Gasteiger partial charge in [0.2, 0.25) is 12.7 Å². The minimum absolute atomic E-state index is 0.0955. The number of ether oxygens (including phenoxy) is 3. The van der Waals surface area contributed by atoms with Crippen LogP contribution < -0.4 is 24.8 Å². The number of hydrogen-bond donors (Lipinski definition) is 1. The highest BCUT2D eigenvalue weighted by Gasteiger charge is 2.47. The van der Waals surface area contributed by atoms with E-state index in [0.29, 0.717) is 18.1 Å². The first-order valence-electron chi connectivity index (χ1n) is 7.90. The van der Waals surface area contributed by atoms with Gasteiger partial charge in [-0.1, -0.05) is 6.07 Å². The third-order valence-corrected chi connectivity index (χ3v) is 4.30. The number of β-lactam (4-membered cyclic amide) rings is 1. The quantitative estimate of drug-likeness (QED) is 0.872. The summed E-state index contributed by atoms with van der Waals surface area (Å²) in [5, 5.41) is 0. The molecule has 6 nitrogen and oxygen atoms in total. The van der Waals surface area contributed by atoms with E-state index in [1.807, 2.05) is 49.4 Å². The first kappa shape index (κ1) is 14.8. The highest BCUT2D eigenvalue weighted by molar-refractivity contribution is 6.05. The van der Waals surface area contributed by atoms with Crippen LogP contribution in [-0.4, -0.2) is 25.3 Å². The van der Waals surface area contributed by atoms with Crippen molar-refractivity contribution < 1.29 is 19.0 Å². The topological polar surface area (TPSA) is 74.0 Å². The molecule has 0 aromatic heterocycles. The number of benzene rings is 2. The predicted molar refractivity (Wildman–Crippen MR) is 88.4 cm³/mol. The number of carbonyl (C=O) groups is 1. The molecular weight excluding hydrogens is 308 g/mol. The molecule has 0 bridgehead atoms. The van der Waals surface area contributed by atoms with Crippen molar-refractivity contribution in [1.29, 1.82) is 0 Å². The van der Waals surface area contributed by atoms with Crippen molar-refractivity contribution in [3.63, 3.8) is 0 Å². The summed E-state index contributed by atoms with van der Waals surface area (Å²) in [5.74, 6) is 2.08. The third-order valence-electron chi connectivity index (χ3n) is 4.30. The van der Waals surface area contributed by atoms with E-state index >= 15 is 0 Å². The predicted octanol–water partition coefficient (Wildman–Crippen LogP) is 2.23. The Morgan fingerprint density at radius 2 is 1.92 bits per heavy atom. The molecule has 1 fully saturated rings. The van der Waals surface area contributed by atoms with Gasteiger partial charge in [-0.25, -0.2) is 0 Å². The summed E-state index contributed by atoms with van der Waals surface area (Å²) in [6.07, 6.45) is 0. The Balaban J connectivity index is 1.63. The summed E-state index contributed by atoms with van der Waals surface area (Å²) >= 11 is 0. The van der Waals surface area contributed by atoms with E-state index in [9.17, 15) is 4.79 Å². The minimum atomic E-state index is -0.558. The van der Waals surface area contributed by atoms with Crippen LogP contribution in [0, 0.1) is 0 Å². The van der Waals surface area contributed by atoms with Gasteiger partial charge in [-0.05, 0) is 48.9 Å². The van der Waals surface area contributed by atoms with Crippen molar-refractivity contribution in [2.45, 2.75) is 19.0 Å². The van der Waals surface area contributed by atoms with Crippen molar-refractivity contribution in [3.8, 4) is 17.2 Å². The second kappa shape index (κ2) is 5.72. The number of rotatable bonds is 4. The second-order valence-electron chi connectivity index (χ2n) is 5.72. The van der Waals surface area contributed by atoms with E-state index < -0.39 is 6.04 Å². The average molecular weight is 326 g/mol. The van der Waals surface area contributed by atoms with Crippen LogP contribution in [0.2, 0.25) is 0 Å². The highest BCUT2D eigenvalue weighted by Crippen LogP contribution is 2.42. The fourth-order valence-corrected chi connectivity index (χ4v) is 3.12. The molecule has 2 N–H and O–H groups in total. The highest BCUT2D eigenvalue weighted by atomic mass is 16.7. The van der Waals surface area contributed by atoms with E-state index in [2.05, 4.69) is 0 Å². The van der Waals surface area contributed by atoms with Crippen LogP contribution in [0.15, 0.2) is 42.5 Å². The zero-order valence-electron chi connectivity index (χ0n) is 13.3. The van der Waals surface area contributed by atoms with Crippen LogP contribution in [0.3, 0.4) is 0 Å². The van der Waals surface area contributed by atoms with E-state index in [1.54, 1.807) is 4.90 Å². The fraction of sp³-hybridized carbons (Fsp3) is 0.278. The number of nitrogens with zero attached hydrogens (tertiary/aromatic N) is 1. The largest absolute Gasteiger partial charge is 0.494 e. The first-order chi connectivity index (χ1) is 11.7. The summed E-state index contributed by atoms with van der Waals surface area (Å²) in [4.78, 5) is 14.0. The number of carbonyl (C=O) groups excluding carboxylic acids is 1. The Labute approximate surface area is 139 Å². The van der Waals surface area contributed by atoms with Gasteiger partial charge in [0, 0.05) is 5.69 Å². The summed E-state index contributed by atoms with van der Waals surface area (Å²) in [7, 11) is 0. The SMILES string of the molecule is CCOc1ccc(N2C(=O)[C@H](N)[C@@H]2c2ccc3c(c2)OCO3)cc1. The van der Waals surface area contributed by atoms with Crippen molar-refractivity contribution in [2.75, 3.05) is 18.3 Å². The normalized spacial score (nSPS) is 21.6. The molecule has 24 heavy (non-hydrogen) atoms. The lowest BCUT2D eigenvalue weighted by molar-refractivity contribution is -0.126. The lowest BCUT2D eigenvalue weighted by Crippen LogP contribution is -2.63. The lowest BCUT2D eigenvalue weighted by Gasteiger charge is -2.45. The molecule has 0 saturated carbocycles. The molecule has 4 rings (SSSR count). The molecule has 0 radical (unpaired) electrons. The molecule has 1 amide bonds.